The SMILES string of the molecule is CCCCCCCCCCO[PH](=O)OCCCCCCCCCC. The van der Waals surface area contributed by atoms with Crippen LogP contribution in [0.2, 0.25) is 0 Å². The third-order valence-electron chi connectivity index (χ3n) is 4.44. The molecule has 0 aromatic carbocycles. The van der Waals surface area contributed by atoms with Gasteiger partial charge in [0.05, 0.1) is 13.2 Å². The summed E-state index contributed by atoms with van der Waals surface area (Å²) in [5.41, 5.74) is 0. The Bertz CT molecular complexity index is 235. The van der Waals surface area contributed by atoms with Crippen LogP contribution >= 0.6 is 8.25 Å². The molecule has 0 aliphatic rings. The van der Waals surface area contributed by atoms with Crippen molar-refractivity contribution in [1.82, 2.24) is 0 Å². The summed E-state index contributed by atoms with van der Waals surface area (Å²) in [5.74, 6) is 0. The summed E-state index contributed by atoms with van der Waals surface area (Å²) in [6.45, 7) is 5.67. The second kappa shape index (κ2) is 21.2. The molecule has 0 atom stereocenters. The first kappa shape index (κ1) is 24.1. The van der Waals surface area contributed by atoms with Gasteiger partial charge in [-0.2, -0.15) is 0 Å². The lowest BCUT2D eigenvalue weighted by Crippen LogP contribution is -1.92. The number of hydrogen-bond donors (Lipinski definition) is 0. The highest BCUT2D eigenvalue weighted by molar-refractivity contribution is 7.33. The Kier molecular flexibility index (Phi) is 21.3. The Labute approximate surface area is 152 Å². The predicted octanol–water partition coefficient (Wildman–Crippen LogP) is 7.69. The summed E-state index contributed by atoms with van der Waals surface area (Å²) in [6.07, 6.45) is 20.3. The van der Waals surface area contributed by atoms with Crippen LogP contribution in [0, 0.1) is 0 Å². The van der Waals surface area contributed by atoms with Gasteiger partial charge < -0.3 is 9.05 Å². The smallest absolute Gasteiger partial charge is 0.311 e. The largest absolute Gasteiger partial charge is 0.319 e. The van der Waals surface area contributed by atoms with Crippen molar-refractivity contribution in [3.63, 3.8) is 0 Å². The van der Waals surface area contributed by atoms with Crippen molar-refractivity contribution in [2.24, 2.45) is 0 Å². The second-order valence-electron chi connectivity index (χ2n) is 6.90. The maximum atomic E-state index is 11.6. The van der Waals surface area contributed by atoms with E-state index in [1.54, 1.807) is 0 Å². The first-order valence-electron chi connectivity index (χ1n) is 10.6. The van der Waals surface area contributed by atoms with E-state index >= 15 is 0 Å². The Balaban J connectivity index is 3.13. The van der Waals surface area contributed by atoms with Crippen molar-refractivity contribution in [1.29, 1.82) is 0 Å². The molecular weight excluding hydrogens is 319 g/mol. The van der Waals surface area contributed by atoms with Crippen molar-refractivity contribution >= 4 is 8.25 Å². The molecule has 0 bridgehead atoms. The van der Waals surface area contributed by atoms with E-state index in [4.69, 9.17) is 9.05 Å². The Morgan fingerprint density at radius 1 is 0.500 bits per heavy atom. The molecule has 146 valence electrons. The van der Waals surface area contributed by atoms with Gasteiger partial charge in [-0.15, -0.1) is 0 Å². The molecule has 0 aromatic rings. The van der Waals surface area contributed by atoms with Gasteiger partial charge in [-0.05, 0) is 12.8 Å². The fourth-order valence-electron chi connectivity index (χ4n) is 2.82. The summed E-state index contributed by atoms with van der Waals surface area (Å²) < 4.78 is 22.2. The number of unbranched alkanes of at least 4 members (excludes halogenated alkanes) is 14. The molecule has 24 heavy (non-hydrogen) atoms. The van der Waals surface area contributed by atoms with E-state index < -0.39 is 8.25 Å². The second-order valence-corrected chi connectivity index (χ2v) is 7.97. The van der Waals surface area contributed by atoms with Gasteiger partial charge in [0, 0.05) is 0 Å². The van der Waals surface area contributed by atoms with Crippen LogP contribution in [0.25, 0.3) is 0 Å². The van der Waals surface area contributed by atoms with Crippen molar-refractivity contribution in [2.45, 2.75) is 117 Å². The standard InChI is InChI=1S/C20H43O3P/c1-3-5-7-9-11-13-15-17-19-22-24(21)23-20-18-16-14-12-10-8-6-4-2/h24H,3-20H2,1-2H3. The van der Waals surface area contributed by atoms with Crippen LogP contribution < -0.4 is 0 Å². The topological polar surface area (TPSA) is 35.5 Å². The van der Waals surface area contributed by atoms with Crippen LogP contribution in [-0.2, 0) is 13.6 Å². The maximum Gasteiger partial charge on any atom is 0.319 e. The number of hydrogen-bond acceptors (Lipinski definition) is 3. The average Bonchev–Trinajstić information content (AvgIpc) is 2.59. The van der Waals surface area contributed by atoms with Crippen LogP contribution in [0.1, 0.15) is 117 Å². The molecule has 0 radical (unpaired) electrons. The van der Waals surface area contributed by atoms with E-state index in [-0.39, 0.29) is 0 Å². The lowest BCUT2D eigenvalue weighted by atomic mass is 10.1. The van der Waals surface area contributed by atoms with E-state index in [1.165, 1.54) is 89.9 Å². The van der Waals surface area contributed by atoms with Crippen molar-refractivity contribution in [3.05, 3.63) is 0 Å². The van der Waals surface area contributed by atoms with Gasteiger partial charge in [-0.25, -0.2) is 0 Å². The fourth-order valence-corrected chi connectivity index (χ4v) is 3.53. The predicted molar refractivity (Wildman–Crippen MR) is 106 cm³/mol. The van der Waals surface area contributed by atoms with Gasteiger partial charge in [0.2, 0.25) is 0 Å². The zero-order valence-corrected chi connectivity index (χ0v) is 17.5. The molecule has 0 fully saturated rings. The van der Waals surface area contributed by atoms with E-state index in [2.05, 4.69) is 13.8 Å². The minimum Gasteiger partial charge on any atom is -0.311 e. The van der Waals surface area contributed by atoms with Crippen molar-refractivity contribution in [2.75, 3.05) is 13.2 Å². The highest BCUT2D eigenvalue weighted by atomic mass is 31.1. The van der Waals surface area contributed by atoms with Gasteiger partial charge in [-0.3, -0.25) is 4.57 Å². The quantitative estimate of drug-likeness (QED) is 0.164. The van der Waals surface area contributed by atoms with Crippen LogP contribution in [0.3, 0.4) is 0 Å². The van der Waals surface area contributed by atoms with Crippen molar-refractivity contribution < 1.29 is 13.6 Å². The van der Waals surface area contributed by atoms with Gasteiger partial charge in [-0.1, -0.05) is 104 Å². The van der Waals surface area contributed by atoms with Crippen LogP contribution in [0.4, 0.5) is 0 Å². The van der Waals surface area contributed by atoms with Crippen LogP contribution in [0.15, 0.2) is 0 Å². The van der Waals surface area contributed by atoms with Gasteiger partial charge >= 0.3 is 8.25 Å². The van der Waals surface area contributed by atoms with E-state index in [1.807, 2.05) is 0 Å². The third-order valence-corrected chi connectivity index (χ3v) is 5.32. The van der Waals surface area contributed by atoms with E-state index in [0.29, 0.717) is 13.2 Å². The summed E-state index contributed by atoms with van der Waals surface area (Å²) >= 11 is 0. The molecule has 0 aliphatic heterocycles. The highest BCUT2D eigenvalue weighted by Gasteiger charge is 2.00. The molecule has 0 aromatic heterocycles. The van der Waals surface area contributed by atoms with Gasteiger partial charge in [0.15, 0.2) is 0 Å². The minimum absolute atomic E-state index is 0.587. The summed E-state index contributed by atoms with van der Waals surface area (Å²) in [5, 5.41) is 0. The first-order chi connectivity index (χ1) is 11.8. The fraction of sp³-hybridized carbons (Fsp3) is 1.00. The zero-order chi connectivity index (χ0) is 17.7. The molecule has 0 amide bonds. The first-order valence-corrected chi connectivity index (χ1v) is 11.8. The van der Waals surface area contributed by atoms with E-state index in [0.717, 1.165) is 12.8 Å². The van der Waals surface area contributed by atoms with E-state index in [9.17, 15) is 4.57 Å². The highest BCUT2D eigenvalue weighted by Crippen LogP contribution is 2.25. The maximum absolute atomic E-state index is 11.6. The summed E-state index contributed by atoms with van der Waals surface area (Å²) in [7, 11) is -2.25. The lowest BCUT2D eigenvalue weighted by molar-refractivity contribution is 0.218. The summed E-state index contributed by atoms with van der Waals surface area (Å²) in [6, 6.07) is 0. The van der Waals surface area contributed by atoms with Gasteiger partial charge in [0.1, 0.15) is 0 Å². The summed E-state index contributed by atoms with van der Waals surface area (Å²) in [4.78, 5) is 0. The lowest BCUT2D eigenvalue weighted by Gasteiger charge is -2.06. The molecule has 0 saturated carbocycles. The molecular formula is C20H43O3P. The monoisotopic (exact) mass is 362 g/mol. The molecule has 0 rings (SSSR count). The van der Waals surface area contributed by atoms with Crippen LogP contribution in [-0.4, -0.2) is 13.2 Å². The Morgan fingerprint density at radius 3 is 1.12 bits per heavy atom. The minimum atomic E-state index is -2.25. The third kappa shape index (κ3) is 20.2. The Hall–Kier alpha value is 0.150. The van der Waals surface area contributed by atoms with Crippen molar-refractivity contribution in [3.8, 4) is 0 Å². The average molecular weight is 363 g/mol. The molecule has 4 heteroatoms. The molecule has 0 aliphatic carbocycles. The molecule has 0 unspecified atom stereocenters. The molecule has 0 saturated heterocycles. The molecule has 0 spiro atoms. The van der Waals surface area contributed by atoms with Gasteiger partial charge in [0.25, 0.3) is 0 Å². The van der Waals surface area contributed by atoms with Crippen LogP contribution in [0.5, 0.6) is 0 Å². The number of rotatable bonds is 20. The zero-order valence-electron chi connectivity index (χ0n) is 16.5. The molecule has 0 N–H and O–H groups in total. The normalized spacial score (nSPS) is 11.5. The molecule has 3 nitrogen and oxygen atoms in total. The Morgan fingerprint density at radius 2 is 0.792 bits per heavy atom. The molecule has 0 heterocycles.